The van der Waals surface area contributed by atoms with Gasteiger partial charge in [-0.15, -0.1) is 0 Å². The summed E-state index contributed by atoms with van der Waals surface area (Å²) in [5, 5.41) is 3.70. The van der Waals surface area contributed by atoms with Crippen molar-refractivity contribution >= 4 is 11.6 Å². The SMILES string of the molecule is CNC(C)c1ccc(-c2ccc(F)c(F)c2)cc1Cl. The summed E-state index contributed by atoms with van der Waals surface area (Å²) in [5.74, 6) is -1.71. The molecule has 0 aliphatic heterocycles. The van der Waals surface area contributed by atoms with Crippen molar-refractivity contribution in [1.82, 2.24) is 5.32 Å². The van der Waals surface area contributed by atoms with Crippen LogP contribution in [0.2, 0.25) is 5.02 Å². The average molecular weight is 282 g/mol. The molecular formula is C15H14ClF2N. The van der Waals surface area contributed by atoms with Gasteiger partial charge in [-0.3, -0.25) is 0 Å². The highest BCUT2D eigenvalue weighted by molar-refractivity contribution is 6.31. The van der Waals surface area contributed by atoms with E-state index in [2.05, 4.69) is 5.32 Å². The van der Waals surface area contributed by atoms with Gasteiger partial charge in [-0.05, 0) is 48.9 Å². The van der Waals surface area contributed by atoms with E-state index in [0.29, 0.717) is 10.6 Å². The molecule has 0 radical (unpaired) electrons. The summed E-state index contributed by atoms with van der Waals surface area (Å²) in [4.78, 5) is 0. The van der Waals surface area contributed by atoms with E-state index in [1.165, 1.54) is 12.1 Å². The molecule has 2 rings (SSSR count). The Labute approximate surface area is 116 Å². The predicted octanol–water partition coefficient (Wildman–Crippen LogP) is 4.57. The van der Waals surface area contributed by atoms with Gasteiger partial charge in [-0.1, -0.05) is 29.8 Å². The fraction of sp³-hybridized carbons (Fsp3) is 0.200. The van der Waals surface area contributed by atoms with Crippen LogP contribution in [0, 0.1) is 11.6 Å². The van der Waals surface area contributed by atoms with E-state index in [0.717, 1.165) is 17.2 Å². The van der Waals surface area contributed by atoms with Crippen molar-refractivity contribution in [3.8, 4) is 11.1 Å². The molecule has 1 N–H and O–H groups in total. The zero-order valence-corrected chi connectivity index (χ0v) is 11.4. The van der Waals surface area contributed by atoms with Gasteiger partial charge in [0.05, 0.1) is 0 Å². The summed E-state index contributed by atoms with van der Waals surface area (Å²) < 4.78 is 26.1. The summed E-state index contributed by atoms with van der Waals surface area (Å²) in [6, 6.07) is 9.45. The number of rotatable bonds is 3. The molecule has 0 aliphatic rings. The summed E-state index contributed by atoms with van der Waals surface area (Å²) in [6.07, 6.45) is 0. The molecule has 0 fully saturated rings. The molecule has 4 heteroatoms. The summed E-state index contributed by atoms with van der Waals surface area (Å²) in [7, 11) is 1.85. The molecule has 100 valence electrons. The van der Waals surface area contributed by atoms with E-state index in [-0.39, 0.29) is 6.04 Å². The first kappa shape index (κ1) is 14.0. The topological polar surface area (TPSA) is 12.0 Å². The summed E-state index contributed by atoms with van der Waals surface area (Å²) >= 11 is 6.22. The van der Waals surface area contributed by atoms with Crippen molar-refractivity contribution in [1.29, 1.82) is 0 Å². The van der Waals surface area contributed by atoms with Crippen LogP contribution in [0.25, 0.3) is 11.1 Å². The van der Waals surface area contributed by atoms with Crippen LogP contribution in [0.1, 0.15) is 18.5 Å². The van der Waals surface area contributed by atoms with Gasteiger partial charge in [-0.25, -0.2) is 8.78 Å². The van der Waals surface area contributed by atoms with Crippen LogP contribution in [0.3, 0.4) is 0 Å². The van der Waals surface area contributed by atoms with Crippen molar-refractivity contribution in [2.45, 2.75) is 13.0 Å². The molecule has 0 spiro atoms. The first-order valence-electron chi connectivity index (χ1n) is 5.95. The Balaban J connectivity index is 2.41. The van der Waals surface area contributed by atoms with Crippen LogP contribution in [0.4, 0.5) is 8.78 Å². The quantitative estimate of drug-likeness (QED) is 0.869. The lowest BCUT2D eigenvalue weighted by Crippen LogP contribution is -2.12. The number of halogens is 3. The minimum absolute atomic E-state index is 0.131. The third kappa shape index (κ3) is 2.94. The van der Waals surface area contributed by atoms with E-state index in [9.17, 15) is 8.78 Å². The maximum absolute atomic E-state index is 13.2. The average Bonchev–Trinajstić information content (AvgIpc) is 2.41. The first-order valence-corrected chi connectivity index (χ1v) is 6.33. The standard InChI is InChI=1S/C15H14ClF2N/c1-9(19-2)12-5-3-10(7-13(12)16)11-4-6-14(17)15(18)8-11/h3-9,19H,1-2H3. The third-order valence-electron chi connectivity index (χ3n) is 3.15. The second kappa shape index (κ2) is 5.68. The predicted molar refractivity (Wildman–Crippen MR) is 74.3 cm³/mol. The van der Waals surface area contributed by atoms with Gasteiger partial charge in [-0.2, -0.15) is 0 Å². The van der Waals surface area contributed by atoms with Gasteiger partial charge in [0.2, 0.25) is 0 Å². The van der Waals surface area contributed by atoms with Crippen molar-refractivity contribution < 1.29 is 8.78 Å². The molecule has 1 atom stereocenters. The monoisotopic (exact) mass is 281 g/mol. The fourth-order valence-corrected chi connectivity index (χ4v) is 2.23. The van der Waals surface area contributed by atoms with Crippen molar-refractivity contribution in [3.63, 3.8) is 0 Å². The molecule has 1 unspecified atom stereocenters. The van der Waals surface area contributed by atoms with Crippen LogP contribution in [0.5, 0.6) is 0 Å². The lowest BCUT2D eigenvalue weighted by atomic mass is 10.0. The van der Waals surface area contributed by atoms with E-state index in [1.54, 1.807) is 6.07 Å². The maximum atomic E-state index is 13.2. The molecule has 19 heavy (non-hydrogen) atoms. The summed E-state index contributed by atoms with van der Waals surface area (Å²) in [5.41, 5.74) is 2.33. The molecule has 0 amide bonds. The Morgan fingerprint density at radius 2 is 1.63 bits per heavy atom. The lowest BCUT2D eigenvalue weighted by molar-refractivity contribution is 0.509. The second-order valence-corrected chi connectivity index (χ2v) is 4.78. The molecule has 1 nitrogen and oxygen atoms in total. The van der Waals surface area contributed by atoms with Crippen LogP contribution >= 0.6 is 11.6 Å². The number of hydrogen-bond donors (Lipinski definition) is 1. The van der Waals surface area contributed by atoms with Crippen molar-refractivity contribution in [3.05, 3.63) is 58.6 Å². The van der Waals surface area contributed by atoms with Gasteiger partial charge in [0.25, 0.3) is 0 Å². The Kier molecular flexibility index (Phi) is 4.17. The molecule has 0 aromatic heterocycles. The largest absolute Gasteiger partial charge is 0.313 e. The van der Waals surface area contributed by atoms with E-state index in [1.807, 2.05) is 26.1 Å². The van der Waals surface area contributed by atoms with Crippen LogP contribution in [-0.4, -0.2) is 7.05 Å². The smallest absolute Gasteiger partial charge is 0.159 e. The minimum Gasteiger partial charge on any atom is -0.313 e. The van der Waals surface area contributed by atoms with Gasteiger partial charge in [0, 0.05) is 11.1 Å². The fourth-order valence-electron chi connectivity index (χ4n) is 1.89. The maximum Gasteiger partial charge on any atom is 0.159 e. The molecule has 0 aliphatic carbocycles. The lowest BCUT2D eigenvalue weighted by Gasteiger charge is -2.13. The highest BCUT2D eigenvalue weighted by Crippen LogP contribution is 2.29. The van der Waals surface area contributed by atoms with E-state index in [4.69, 9.17) is 11.6 Å². The number of hydrogen-bond acceptors (Lipinski definition) is 1. The Bertz CT molecular complexity index is 599. The number of benzene rings is 2. The van der Waals surface area contributed by atoms with E-state index >= 15 is 0 Å². The van der Waals surface area contributed by atoms with E-state index < -0.39 is 11.6 Å². The number of nitrogens with one attached hydrogen (secondary N) is 1. The molecule has 0 bridgehead atoms. The van der Waals surface area contributed by atoms with Crippen molar-refractivity contribution in [2.75, 3.05) is 7.05 Å². The van der Waals surface area contributed by atoms with Gasteiger partial charge in [0.1, 0.15) is 0 Å². The molecule has 0 heterocycles. The first-order chi connectivity index (χ1) is 9.02. The Hall–Kier alpha value is -1.45. The van der Waals surface area contributed by atoms with Crippen LogP contribution < -0.4 is 5.32 Å². The zero-order valence-electron chi connectivity index (χ0n) is 10.7. The van der Waals surface area contributed by atoms with Gasteiger partial charge >= 0.3 is 0 Å². The molecule has 0 saturated heterocycles. The highest BCUT2D eigenvalue weighted by atomic mass is 35.5. The molecular weight excluding hydrogens is 268 g/mol. The Morgan fingerprint density at radius 1 is 1.00 bits per heavy atom. The van der Waals surface area contributed by atoms with Crippen molar-refractivity contribution in [2.24, 2.45) is 0 Å². The van der Waals surface area contributed by atoms with Gasteiger partial charge < -0.3 is 5.32 Å². The van der Waals surface area contributed by atoms with Crippen LogP contribution in [-0.2, 0) is 0 Å². The van der Waals surface area contributed by atoms with Gasteiger partial charge in [0.15, 0.2) is 11.6 Å². The molecule has 2 aromatic carbocycles. The molecule has 2 aromatic rings. The highest BCUT2D eigenvalue weighted by Gasteiger charge is 2.10. The Morgan fingerprint density at radius 3 is 2.21 bits per heavy atom. The third-order valence-corrected chi connectivity index (χ3v) is 3.48. The normalized spacial score (nSPS) is 12.5. The molecule has 0 saturated carbocycles. The minimum atomic E-state index is -0.860. The summed E-state index contributed by atoms with van der Waals surface area (Å²) in [6.45, 7) is 2.00. The zero-order chi connectivity index (χ0) is 14.0. The van der Waals surface area contributed by atoms with Crippen LogP contribution in [0.15, 0.2) is 36.4 Å². The second-order valence-electron chi connectivity index (χ2n) is 4.38.